The van der Waals surface area contributed by atoms with Gasteiger partial charge in [-0.05, 0) is 42.5 Å². The van der Waals surface area contributed by atoms with Crippen LogP contribution in [0.5, 0.6) is 0 Å². The minimum Gasteiger partial charge on any atom is -0.241 e. The van der Waals surface area contributed by atoms with E-state index in [2.05, 4.69) is 15.8 Å². The van der Waals surface area contributed by atoms with E-state index in [1.165, 1.54) is 17.8 Å². The van der Waals surface area contributed by atoms with Crippen molar-refractivity contribution < 1.29 is 12.8 Å². The Labute approximate surface area is 123 Å². The lowest BCUT2D eigenvalue weighted by atomic mass is 9.89. The monoisotopic (exact) mass is 306 g/mol. The van der Waals surface area contributed by atoms with E-state index in [9.17, 15) is 12.8 Å². The van der Waals surface area contributed by atoms with Crippen LogP contribution in [0.25, 0.3) is 0 Å². The van der Waals surface area contributed by atoms with Crippen molar-refractivity contribution in [3.63, 3.8) is 0 Å². The first kappa shape index (κ1) is 14.2. The summed E-state index contributed by atoms with van der Waals surface area (Å²) in [5.41, 5.74) is 2.38. The third-order valence-corrected chi connectivity index (χ3v) is 5.10. The number of nitrogens with zero attached hydrogens (tertiary/aromatic N) is 1. The Morgan fingerprint density at radius 2 is 1.90 bits per heavy atom. The Kier molecular flexibility index (Phi) is 3.73. The molecule has 2 aromatic rings. The summed E-state index contributed by atoms with van der Waals surface area (Å²) >= 11 is 0. The molecule has 1 atom stereocenters. The number of benzene rings is 1. The molecular formula is C15H15FN2O2S. The smallest absolute Gasteiger partial charge is 0.241 e. The lowest BCUT2D eigenvalue weighted by molar-refractivity contribution is 0.497. The fourth-order valence-electron chi connectivity index (χ4n) is 2.64. The Balaban J connectivity index is 1.80. The van der Waals surface area contributed by atoms with Crippen molar-refractivity contribution in [2.45, 2.75) is 30.3 Å². The summed E-state index contributed by atoms with van der Waals surface area (Å²) in [6.45, 7) is 0. The number of halogens is 1. The molecule has 0 amide bonds. The van der Waals surface area contributed by atoms with E-state index in [4.69, 9.17) is 0 Å². The topological polar surface area (TPSA) is 59.1 Å². The average Bonchev–Trinajstić information content (AvgIpc) is 2.47. The third kappa shape index (κ3) is 2.96. The van der Waals surface area contributed by atoms with E-state index in [0.29, 0.717) is 12.8 Å². The molecule has 1 N–H and O–H groups in total. The molecule has 6 heteroatoms. The van der Waals surface area contributed by atoms with Gasteiger partial charge in [0.2, 0.25) is 5.03 Å². The molecule has 1 aromatic carbocycles. The number of hydrogen-bond acceptors (Lipinski definition) is 3. The molecule has 0 bridgehead atoms. The predicted molar refractivity (Wildman–Crippen MR) is 76.8 cm³/mol. The molecule has 1 heterocycles. The van der Waals surface area contributed by atoms with Gasteiger partial charge in [0.1, 0.15) is 0 Å². The zero-order valence-corrected chi connectivity index (χ0v) is 12.1. The van der Waals surface area contributed by atoms with Gasteiger partial charge in [0.25, 0.3) is 10.0 Å². The fraction of sp³-hybridized carbons (Fsp3) is 0.267. The van der Waals surface area contributed by atoms with E-state index >= 15 is 0 Å². The molecule has 3 rings (SSSR count). The normalized spacial score (nSPS) is 18.2. The largest absolute Gasteiger partial charge is 0.261 e. The number of aryl methyl sites for hydroxylation is 1. The van der Waals surface area contributed by atoms with Crippen molar-refractivity contribution in [1.29, 1.82) is 0 Å². The molecule has 0 saturated heterocycles. The van der Waals surface area contributed by atoms with Gasteiger partial charge in [-0.3, -0.25) is 0 Å². The summed E-state index contributed by atoms with van der Waals surface area (Å²) < 4.78 is 40.6. The number of fused-ring (bicyclic) bond motifs is 1. The summed E-state index contributed by atoms with van der Waals surface area (Å²) in [6.07, 6.45) is 3.40. The maximum absolute atomic E-state index is 13.6. The summed E-state index contributed by atoms with van der Waals surface area (Å²) in [5, 5.41) is -0.538. The lowest BCUT2D eigenvalue weighted by Gasteiger charge is -2.25. The van der Waals surface area contributed by atoms with Crippen molar-refractivity contribution in [2.75, 3.05) is 0 Å². The number of rotatable bonds is 3. The van der Waals surface area contributed by atoms with Gasteiger partial charge in [-0.25, -0.2) is 22.5 Å². The van der Waals surface area contributed by atoms with Crippen molar-refractivity contribution in [3.05, 3.63) is 59.5 Å². The molecule has 0 spiro atoms. The number of nitrogens with one attached hydrogen (secondary N) is 1. The number of sulfonamides is 1. The highest BCUT2D eigenvalue weighted by atomic mass is 32.2. The van der Waals surface area contributed by atoms with Crippen LogP contribution in [-0.4, -0.2) is 19.4 Å². The van der Waals surface area contributed by atoms with Gasteiger partial charge in [-0.15, -0.1) is 0 Å². The maximum atomic E-state index is 13.6. The van der Waals surface area contributed by atoms with Crippen LogP contribution in [0.1, 0.15) is 17.5 Å². The zero-order chi connectivity index (χ0) is 14.9. The standard InChI is InChI=1S/C15H15FN2O2S/c16-14-6-3-9-17-15(14)21(19,20)18-13-8-7-11-4-1-2-5-12(11)10-13/h1-6,9,13,18H,7-8,10H2. The van der Waals surface area contributed by atoms with Gasteiger partial charge in [-0.1, -0.05) is 24.3 Å². The summed E-state index contributed by atoms with van der Waals surface area (Å²) in [7, 11) is -3.93. The Morgan fingerprint density at radius 3 is 2.67 bits per heavy atom. The van der Waals surface area contributed by atoms with Gasteiger partial charge in [-0.2, -0.15) is 0 Å². The van der Waals surface area contributed by atoms with E-state index < -0.39 is 20.9 Å². The van der Waals surface area contributed by atoms with Crippen LogP contribution in [-0.2, 0) is 22.9 Å². The molecule has 1 unspecified atom stereocenters. The van der Waals surface area contributed by atoms with Gasteiger partial charge in [0, 0.05) is 12.2 Å². The quantitative estimate of drug-likeness (QED) is 0.944. The Bertz CT molecular complexity index is 762. The second kappa shape index (κ2) is 5.54. The van der Waals surface area contributed by atoms with Gasteiger partial charge < -0.3 is 0 Å². The maximum Gasteiger partial charge on any atom is 0.261 e. The van der Waals surface area contributed by atoms with Crippen LogP contribution >= 0.6 is 0 Å². The van der Waals surface area contributed by atoms with Crippen LogP contribution in [0.15, 0.2) is 47.6 Å². The molecule has 1 aliphatic rings. The molecule has 1 aromatic heterocycles. The second-order valence-electron chi connectivity index (χ2n) is 5.12. The van der Waals surface area contributed by atoms with Crippen molar-refractivity contribution in [3.8, 4) is 0 Å². The van der Waals surface area contributed by atoms with Crippen LogP contribution in [0, 0.1) is 5.82 Å². The van der Waals surface area contributed by atoms with E-state index in [1.807, 2.05) is 18.2 Å². The van der Waals surface area contributed by atoms with Gasteiger partial charge in [0.05, 0.1) is 0 Å². The van der Waals surface area contributed by atoms with E-state index in [0.717, 1.165) is 18.1 Å². The predicted octanol–water partition coefficient (Wildman–Crippen LogP) is 2.06. The molecule has 110 valence electrons. The molecule has 0 aliphatic heterocycles. The van der Waals surface area contributed by atoms with E-state index in [-0.39, 0.29) is 6.04 Å². The first-order chi connectivity index (χ1) is 10.1. The highest BCUT2D eigenvalue weighted by Crippen LogP contribution is 2.22. The summed E-state index contributed by atoms with van der Waals surface area (Å²) in [4.78, 5) is 3.63. The number of pyridine rings is 1. The van der Waals surface area contributed by atoms with Crippen LogP contribution in [0.4, 0.5) is 4.39 Å². The van der Waals surface area contributed by atoms with E-state index in [1.54, 1.807) is 0 Å². The fourth-order valence-corrected chi connectivity index (χ4v) is 3.92. The minimum atomic E-state index is -3.93. The Hall–Kier alpha value is -1.79. The third-order valence-electron chi connectivity index (χ3n) is 3.65. The summed E-state index contributed by atoms with van der Waals surface area (Å²) in [6, 6.07) is 10.2. The zero-order valence-electron chi connectivity index (χ0n) is 11.3. The van der Waals surface area contributed by atoms with Gasteiger partial charge in [0.15, 0.2) is 5.82 Å². The van der Waals surface area contributed by atoms with Crippen molar-refractivity contribution >= 4 is 10.0 Å². The summed E-state index contributed by atoms with van der Waals surface area (Å²) in [5.74, 6) is -0.832. The Morgan fingerprint density at radius 1 is 1.14 bits per heavy atom. The molecular weight excluding hydrogens is 291 g/mol. The minimum absolute atomic E-state index is 0.230. The molecule has 0 radical (unpaired) electrons. The van der Waals surface area contributed by atoms with Crippen LogP contribution in [0.2, 0.25) is 0 Å². The molecule has 4 nitrogen and oxygen atoms in total. The first-order valence-corrected chi connectivity index (χ1v) is 8.24. The lowest BCUT2D eigenvalue weighted by Crippen LogP contribution is -2.39. The SMILES string of the molecule is O=S(=O)(NC1CCc2ccccc2C1)c1ncccc1F. The highest BCUT2D eigenvalue weighted by molar-refractivity contribution is 7.89. The van der Waals surface area contributed by atoms with Crippen LogP contribution in [0.3, 0.4) is 0 Å². The van der Waals surface area contributed by atoms with Crippen molar-refractivity contribution in [2.24, 2.45) is 0 Å². The van der Waals surface area contributed by atoms with Gasteiger partial charge >= 0.3 is 0 Å². The molecule has 0 saturated carbocycles. The molecule has 21 heavy (non-hydrogen) atoms. The first-order valence-electron chi connectivity index (χ1n) is 6.76. The highest BCUT2D eigenvalue weighted by Gasteiger charge is 2.26. The molecule has 1 aliphatic carbocycles. The average molecular weight is 306 g/mol. The number of hydrogen-bond donors (Lipinski definition) is 1. The van der Waals surface area contributed by atoms with Crippen molar-refractivity contribution in [1.82, 2.24) is 9.71 Å². The second-order valence-corrected chi connectivity index (χ2v) is 6.75. The van der Waals surface area contributed by atoms with Crippen LogP contribution < -0.4 is 4.72 Å². The molecule has 0 fully saturated rings. The number of aromatic nitrogens is 1.